The summed E-state index contributed by atoms with van der Waals surface area (Å²) in [6.45, 7) is 2.66. The van der Waals surface area contributed by atoms with Crippen molar-refractivity contribution >= 4 is 38.9 Å². The number of nitrogens with one attached hydrogen (secondary N) is 1. The molecular weight excluding hydrogens is 462 g/mol. The summed E-state index contributed by atoms with van der Waals surface area (Å²) in [6.07, 6.45) is 4.97. The van der Waals surface area contributed by atoms with E-state index in [1.165, 1.54) is 10.4 Å². The molecular formula is C24H30ClN3O4S. The molecule has 178 valence electrons. The number of hydrogen-bond acceptors (Lipinski definition) is 5. The van der Waals surface area contributed by atoms with Crippen LogP contribution < -0.4 is 10.2 Å². The minimum absolute atomic E-state index is 0.00349. The van der Waals surface area contributed by atoms with E-state index in [9.17, 15) is 13.2 Å². The summed E-state index contributed by atoms with van der Waals surface area (Å²) in [4.78, 5) is 15.4. The van der Waals surface area contributed by atoms with Crippen LogP contribution in [-0.4, -0.2) is 58.0 Å². The average molecular weight is 492 g/mol. The molecule has 2 fully saturated rings. The number of carbonyl (C=O) groups excluding carboxylic acids is 1. The van der Waals surface area contributed by atoms with E-state index in [0.717, 1.165) is 37.8 Å². The molecule has 0 aromatic heterocycles. The van der Waals surface area contributed by atoms with E-state index in [0.29, 0.717) is 37.0 Å². The van der Waals surface area contributed by atoms with Crippen molar-refractivity contribution in [2.75, 3.05) is 43.6 Å². The second-order valence-corrected chi connectivity index (χ2v) is 11.0. The van der Waals surface area contributed by atoms with Gasteiger partial charge >= 0.3 is 0 Å². The molecule has 1 aliphatic carbocycles. The Kier molecular flexibility index (Phi) is 7.58. The minimum Gasteiger partial charge on any atom is -0.378 e. The zero-order chi connectivity index (χ0) is 23.4. The van der Waals surface area contributed by atoms with Gasteiger partial charge in [0.1, 0.15) is 0 Å². The number of rotatable bonds is 6. The monoisotopic (exact) mass is 491 g/mol. The standard InChI is InChI=1S/C24H30ClN3O4S/c1-27(20-7-3-2-4-8-20)33(30,31)21-9-5-6-18(16-21)24(29)26-22-17-19(25)10-11-23(22)28-12-14-32-15-13-28/h5-6,9-11,16-17,20H,2-4,7-8,12-15H2,1H3,(H,26,29). The lowest BCUT2D eigenvalue weighted by Crippen LogP contribution is -2.38. The Hall–Kier alpha value is -2.13. The molecule has 1 aliphatic heterocycles. The molecule has 0 bridgehead atoms. The quantitative estimate of drug-likeness (QED) is 0.648. The number of benzene rings is 2. The number of amides is 1. The van der Waals surface area contributed by atoms with Gasteiger partial charge in [0.2, 0.25) is 10.0 Å². The van der Waals surface area contributed by atoms with E-state index in [2.05, 4.69) is 10.2 Å². The van der Waals surface area contributed by atoms with E-state index in [4.69, 9.17) is 16.3 Å². The normalized spacial score (nSPS) is 17.8. The smallest absolute Gasteiger partial charge is 0.255 e. The van der Waals surface area contributed by atoms with Crippen molar-refractivity contribution in [1.82, 2.24) is 4.31 Å². The van der Waals surface area contributed by atoms with Crippen molar-refractivity contribution in [3.05, 3.63) is 53.1 Å². The third-order valence-corrected chi connectivity index (χ3v) is 8.56. The van der Waals surface area contributed by atoms with Gasteiger partial charge in [0.15, 0.2) is 0 Å². The van der Waals surface area contributed by atoms with Crippen LogP contribution in [0.15, 0.2) is 47.4 Å². The number of morpholine rings is 1. The third-order valence-electron chi connectivity index (χ3n) is 6.42. The summed E-state index contributed by atoms with van der Waals surface area (Å²) in [5.74, 6) is -0.385. The second-order valence-electron chi connectivity index (χ2n) is 8.56. The average Bonchev–Trinajstić information content (AvgIpc) is 2.85. The minimum atomic E-state index is -3.69. The van der Waals surface area contributed by atoms with Gasteiger partial charge in [-0.2, -0.15) is 4.31 Å². The molecule has 1 N–H and O–H groups in total. The Morgan fingerprint density at radius 2 is 1.82 bits per heavy atom. The molecule has 0 radical (unpaired) electrons. The Labute approximate surface area is 200 Å². The molecule has 1 amide bonds. The summed E-state index contributed by atoms with van der Waals surface area (Å²) in [7, 11) is -2.05. The third kappa shape index (κ3) is 5.51. The van der Waals surface area contributed by atoms with Crippen molar-refractivity contribution in [2.45, 2.75) is 43.0 Å². The SMILES string of the molecule is CN(C1CCCCC1)S(=O)(=O)c1cccc(C(=O)Nc2cc(Cl)ccc2N2CCOCC2)c1. The van der Waals surface area contributed by atoms with E-state index >= 15 is 0 Å². The van der Waals surface area contributed by atoms with Crippen LogP contribution in [0.5, 0.6) is 0 Å². The van der Waals surface area contributed by atoms with Crippen LogP contribution in [0.1, 0.15) is 42.5 Å². The summed E-state index contributed by atoms with van der Waals surface area (Å²) in [5, 5.41) is 3.43. The molecule has 4 rings (SSSR count). The lowest BCUT2D eigenvalue weighted by Gasteiger charge is -2.31. The zero-order valence-electron chi connectivity index (χ0n) is 18.8. The number of hydrogen-bond donors (Lipinski definition) is 1. The predicted octanol–water partition coefficient (Wildman–Crippen LogP) is 4.38. The number of carbonyl (C=O) groups is 1. The van der Waals surface area contributed by atoms with Crippen LogP contribution in [0.3, 0.4) is 0 Å². The first-order chi connectivity index (χ1) is 15.9. The van der Waals surface area contributed by atoms with Crippen molar-refractivity contribution in [1.29, 1.82) is 0 Å². The summed E-state index contributed by atoms with van der Waals surface area (Å²) < 4.78 is 33.4. The molecule has 0 spiro atoms. The highest BCUT2D eigenvalue weighted by Gasteiger charge is 2.29. The van der Waals surface area contributed by atoms with E-state index in [-0.39, 0.29) is 22.4 Å². The van der Waals surface area contributed by atoms with E-state index < -0.39 is 10.0 Å². The first kappa shape index (κ1) is 24.0. The van der Waals surface area contributed by atoms with Gasteiger partial charge in [-0.15, -0.1) is 0 Å². The molecule has 1 saturated heterocycles. The molecule has 0 unspecified atom stereocenters. The number of ether oxygens (including phenoxy) is 1. The molecule has 0 atom stereocenters. The van der Waals surface area contributed by atoms with Gasteiger partial charge in [-0.05, 0) is 49.2 Å². The van der Waals surface area contributed by atoms with Gasteiger partial charge in [-0.3, -0.25) is 4.79 Å². The highest BCUT2D eigenvalue weighted by atomic mass is 35.5. The molecule has 7 nitrogen and oxygen atoms in total. The Morgan fingerprint density at radius 3 is 2.55 bits per heavy atom. The fourth-order valence-electron chi connectivity index (χ4n) is 4.49. The van der Waals surface area contributed by atoms with Crippen molar-refractivity contribution in [3.63, 3.8) is 0 Å². The molecule has 1 heterocycles. The van der Waals surface area contributed by atoms with E-state index in [1.54, 1.807) is 37.4 Å². The first-order valence-corrected chi connectivity index (χ1v) is 13.2. The maximum Gasteiger partial charge on any atom is 0.255 e. The summed E-state index contributed by atoms with van der Waals surface area (Å²) in [6, 6.07) is 11.6. The Balaban J connectivity index is 1.56. The first-order valence-electron chi connectivity index (χ1n) is 11.4. The van der Waals surface area contributed by atoms with Crippen LogP contribution in [0.4, 0.5) is 11.4 Å². The van der Waals surface area contributed by atoms with Gasteiger partial charge in [0.25, 0.3) is 5.91 Å². The fourth-order valence-corrected chi connectivity index (χ4v) is 6.12. The van der Waals surface area contributed by atoms with Crippen LogP contribution >= 0.6 is 11.6 Å². The lowest BCUT2D eigenvalue weighted by atomic mass is 9.96. The predicted molar refractivity (Wildman–Crippen MR) is 131 cm³/mol. The highest BCUT2D eigenvalue weighted by Crippen LogP contribution is 2.31. The Morgan fingerprint density at radius 1 is 1.09 bits per heavy atom. The van der Waals surface area contributed by atoms with Gasteiger partial charge < -0.3 is 15.0 Å². The van der Waals surface area contributed by atoms with Gasteiger partial charge in [-0.1, -0.05) is 36.9 Å². The number of halogens is 1. The Bertz CT molecular complexity index is 1100. The largest absolute Gasteiger partial charge is 0.378 e. The maximum atomic E-state index is 13.2. The van der Waals surface area contributed by atoms with Crippen molar-refractivity contribution < 1.29 is 17.9 Å². The van der Waals surface area contributed by atoms with Crippen molar-refractivity contribution in [3.8, 4) is 0 Å². The molecule has 9 heteroatoms. The summed E-state index contributed by atoms with van der Waals surface area (Å²) in [5.41, 5.74) is 1.72. The van der Waals surface area contributed by atoms with Gasteiger partial charge in [0, 0.05) is 36.8 Å². The van der Waals surface area contributed by atoms with Crippen LogP contribution in [0.2, 0.25) is 5.02 Å². The highest BCUT2D eigenvalue weighted by molar-refractivity contribution is 7.89. The van der Waals surface area contributed by atoms with Gasteiger partial charge in [0.05, 0.1) is 29.5 Å². The molecule has 33 heavy (non-hydrogen) atoms. The van der Waals surface area contributed by atoms with Crippen molar-refractivity contribution in [2.24, 2.45) is 0 Å². The van der Waals surface area contributed by atoms with Gasteiger partial charge in [-0.25, -0.2) is 8.42 Å². The zero-order valence-corrected chi connectivity index (χ0v) is 20.4. The second kappa shape index (κ2) is 10.4. The summed E-state index contributed by atoms with van der Waals surface area (Å²) >= 11 is 6.20. The maximum absolute atomic E-state index is 13.2. The fraction of sp³-hybridized carbons (Fsp3) is 0.458. The number of nitrogens with zero attached hydrogens (tertiary/aromatic N) is 2. The number of anilines is 2. The molecule has 2 aliphatic rings. The van der Waals surface area contributed by atoms with E-state index in [1.807, 2.05) is 6.07 Å². The topological polar surface area (TPSA) is 79.0 Å². The van der Waals surface area contributed by atoms with Crippen LogP contribution in [-0.2, 0) is 14.8 Å². The van der Waals surface area contributed by atoms with Crippen LogP contribution in [0, 0.1) is 0 Å². The molecule has 2 aromatic rings. The molecule has 1 saturated carbocycles. The lowest BCUT2D eigenvalue weighted by molar-refractivity contribution is 0.102. The molecule has 2 aromatic carbocycles. The number of sulfonamides is 1. The van der Waals surface area contributed by atoms with Crippen LogP contribution in [0.25, 0.3) is 0 Å².